The van der Waals surface area contributed by atoms with Crippen molar-refractivity contribution >= 4 is 5.69 Å². The van der Waals surface area contributed by atoms with Crippen molar-refractivity contribution < 1.29 is 9.84 Å². The van der Waals surface area contributed by atoms with Crippen molar-refractivity contribution in [1.29, 1.82) is 0 Å². The minimum atomic E-state index is 0.113. The van der Waals surface area contributed by atoms with E-state index in [4.69, 9.17) is 4.74 Å². The number of anilines is 1. The summed E-state index contributed by atoms with van der Waals surface area (Å²) in [6, 6.07) is 13.5. The summed E-state index contributed by atoms with van der Waals surface area (Å²) in [7, 11) is 0. The van der Waals surface area contributed by atoms with Gasteiger partial charge in [-0.1, -0.05) is 51.8 Å². The fourth-order valence-corrected chi connectivity index (χ4v) is 5.94. The zero-order valence-electron chi connectivity index (χ0n) is 17.9. The largest absolute Gasteiger partial charge is 0.457 e. The van der Waals surface area contributed by atoms with E-state index in [1.165, 1.54) is 41.6 Å². The smallest absolute Gasteiger partial charge is 0.133 e. The molecule has 4 atom stereocenters. The third kappa shape index (κ3) is 2.97. The monoisotopic (exact) mass is 391 g/mol. The molecule has 1 saturated carbocycles. The van der Waals surface area contributed by atoms with Crippen LogP contribution in [-0.2, 0) is 5.41 Å². The molecule has 154 valence electrons. The van der Waals surface area contributed by atoms with Gasteiger partial charge in [-0.3, -0.25) is 0 Å². The number of aliphatic hydroxyl groups is 1. The maximum Gasteiger partial charge on any atom is 0.133 e. The predicted octanol–water partition coefficient (Wildman–Crippen LogP) is 6.32. The highest BCUT2D eigenvalue weighted by Crippen LogP contribution is 2.59. The molecule has 1 fully saturated rings. The molecule has 2 aliphatic heterocycles. The molecular formula is C26H33NO2. The molecule has 4 unspecified atom stereocenters. The number of para-hydroxylation sites is 1. The van der Waals surface area contributed by atoms with Gasteiger partial charge >= 0.3 is 0 Å². The van der Waals surface area contributed by atoms with Gasteiger partial charge in [0.15, 0.2) is 0 Å². The number of benzene rings is 2. The first-order chi connectivity index (χ1) is 14.0. The van der Waals surface area contributed by atoms with E-state index in [1.807, 2.05) is 0 Å². The zero-order valence-corrected chi connectivity index (χ0v) is 17.9. The number of nitrogens with one attached hydrogen (secondary N) is 1. The van der Waals surface area contributed by atoms with E-state index in [2.05, 4.69) is 62.5 Å². The third-order valence-electron chi connectivity index (χ3n) is 7.68. The molecule has 2 aromatic rings. The molecule has 3 nitrogen and oxygen atoms in total. The minimum Gasteiger partial charge on any atom is -0.457 e. The summed E-state index contributed by atoms with van der Waals surface area (Å²) in [5, 5.41) is 13.9. The van der Waals surface area contributed by atoms with Crippen LogP contribution in [0, 0.1) is 5.92 Å². The summed E-state index contributed by atoms with van der Waals surface area (Å²) in [5.74, 6) is 3.17. The molecule has 2 heterocycles. The van der Waals surface area contributed by atoms with Gasteiger partial charge in [0.25, 0.3) is 0 Å². The highest BCUT2D eigenvalue weighted by Gasteiger charge is 2.49. The standard InChI is InChI=1S/C26H33NO2/c1-4-5-12-26(2,3)17-13-20-24-22(14-17)29-21-9-7-6-8-18(21)19-11-10-16(15-28)25(27-20)23(19)24/h6-9,13-14,16,19,23,25,27-28H,4-5,10-12,15H2,1-3H3. The Kier molecular flexibility index (Phi) is 4.62. The first-order valence-corrected chi connectivity index (χ1v) is 11.4. The Bertz CT molecular complexity index is 919. The van der Waals surface area contributed by atoms with Crippen LogP contribution in [0.1, 0.15) is 81.4 Å². The SMILES string of the molecule is CCCCC(C)(C)c1cc2c3c(c1)Oc1ccccc1C1CCC(CO)C(N2)C31. The van der Waals surface area contributed by atoms with E-state index in [0.717, 1.165) is 24.3 Å². The van der Waals surface area contributed by atoms with Gasteiger partial charge in [-0.15, -0.1) is 0 Å². The van der Waals surface area contributed by atoms with Crippen molar-refractivity contribution in [2.75, 3.05) is 11.9 Å². The molecule has 0 spiro atoms. The van der Waals surface area contributed by atoms with Crippen LogP contribution in [0.25, 0.3) is 0 Å². The van der Waals surface area contributed by atoms with E-state index in [-0.39, 0.29) is 18.1 Å². The number of aliphatic hydroxyl groups excluding tert-OH is 1. The number of hydrogen-bond donors (Lipinski definition) is 2. The predicted molar refractivity (Wildman–Crippen MR) is 118 cm³/mol. The number of ether oxygens (including phenoxy) is 1. The summed E-state index contributed by atoms with van der Waals surface area (Å²) >= 11 is 0. The number of rotatable bonds is 5. The Morgan fingerprint density at radius 3 is 2.76 bits per heavy atom. The highest BCUT2D eigenvalue weighted by molar-refractivity contribution is 5.70. The lowest BCUT2D eigenvalue weighted by Crippen LogP contribution is -2.39. The van der Waals surface area contributed by atoms with Crippen molar-refractivity contribution in [3.63, 3.8) is 0 Å². The topological polar surface area (TPSA) is 41.5 Å². The third-order valence-corrected chi connectivity index (χ3v) is 7.68. The Morgan fingerprint density at radius 2 is 1.97 bits per heavy atom. The van der Waals surface area contributed by atoms with E-state index in [0.29, 0.717) is 17.8 Å². The van der Waals surface area contributed by atoms with Crippen LogP contribution in [0.4, 0.5) is 5.69 Å². The summed E-state index contributed by atoms with van der Waals surface area (Å²) < 4.78 is 6.61. The molecule has 0 bridgehead atoms. The molecule has 5 rings (SSSR count). The van der Waals surface area contributed by atoms with Crippen LogP contribution >= 0.6 is 0 Å². The Morgan fingerprint density at radius 1 is 1.14 bits per heavy atom. The highest BCUT2D eigenvalue weighted by atomic mass is 16.5. The molecule has 1 aliphatic carbocycles. The average molecular weight is 392 g/mol. The quantitative estimate of drug-likeness (QED) is 0.626. The van der Waals surface area contributed by atoms with Crippen LogP contribution in [0.5, 0.6) is 11.5 Å². The number of unbranched alkanes of at least 4 members (excludes halogenated alkanes) is 1. The first kappa shape index (κ1) is 19.0. The van der Waals surface area contributed by atoms with Gasteiger partial charge < -0.3 is 15.2 Å². The van der Waals surface area contributed by atoms with Crippen LogP contribution in [0.15, 0.2) is 36.4 Å². The maximum absolute atomic E-state index is 10.1. The van der Waals surface area contributed by atoms with Crippen molar-refractivity contribution in [3.8, 4) is 11.5 Å². The van der Waals surface area contributed by atoms with E-state index in [9.17, 15) is 5.11 Å². The van der Waals surface area contributed by atoms with Crippen molar-refractivity contribution in [3.05, 3.63) is 53.1 Å². The second kappa shape index (κ2) is 7.05. The van der Waals surface area contributed by atoms with Gasteiger partial charge in [-0.2, -0.15) is 0 Å². The lowest BCUT2D eigenvalue weighted by molar-refractivity contribution is 0.160. The molecule has 3 aliphatic rings. The lowest BCUT2D eigenvalue weighted by Gasteiger charge is -2.38. The Labute approximate surface area is 174 Å². The van der Waals surface area contributed by atoms with Gasteiger partial charge in [0.05, 0.1) is 0 Å². The van der Waals surface area contributed by atoms with Gasteiger partial charge in [0.2, 0.25) is 0 Å². The van der Waals surface area contributed by atoms with Crippen molar-refractivity contribution in [2.24, 2.45) is 5.92 Å². The molecule has 3 heteroatoms. The molecule has 0 amide bonds. The zero-order chi connectivity index (χ0) is 20.2. The fourth-order valence-electron chi connectivity index (χ4n) is 5.94. The van der Waals surface area contributed by atoms with Crippen molar-refractivity contribution in [1.82, 2.24) is 0 Å². The van der Waals surface area contributed by atoms with Gasteiger partial charge in [0.1, 0.15) is 11.5 Å². The summed E-state index contributed by atoms with van der Waals surface area (Å²) in [5.41, 5.74) is 5.36. The van der Waals surface area contributed by atoms with Gasteiger partial charge in [0, 0.05) is 35.7 Å². The van der Waals surface area contributed by atoms with E-state index < -0.39 is 0 Å². The lowest BCUT2D eigenvalue weighted by atomic mass is 9.67. The molecule has 0 radical (unpaired) electrons. The maximum atomic E-state index is 10.1. The summed E-state index contributed by atoms with van der Waals surface area (Å²) in [6.07, 6.45) is 5.79. The number of fused-ring (bicyclic) bond motifs is 2. The summed E-state index contributed by atoms with van der Waals surface area (Å²) in [4.78, 5) is 0. The normalized spacial score (nSPS) is 26.8. The molecular weight excluding hydrogens is 358 g/mol. The van der Waals surface area contributed by atoms with Gasteiger partial charge in [-0.25, -0.2) is 0 Å². The molecule has 0 saturated heterocycles. The first-order valence-electron chi connectivity index (χ1n) is 11.4. The minimum absolute atomic E-state index is 0.113. The molecule has 29 heavy (non-hydrogen) atoms. The average Bonchev–Trinajstić information content (AvgIpc) is 3.05. The number of hydrogen-bond acceptors (Lipinski definition) is 3. The van der Waals surface area contributed by atoms with E-state index in [1.54, 1.807) is 0 Å². The van der Waals surface area contributed by atoms with Crippen molar-refractivity contribution in [2.45, 2.75) is 76.2 Å². The van der Waals surface area contributed by atoms with Crippen LogP contribution in [0.3, 0.4) is 0 Å². The van der Waals surface area contributed by atoms with E-state index >= 15 is 0 Å². The van der Waals surface area contributed by atoms with Gasteiger partial charge in [-0.05, 0) is 59.9 Å². The molecule has 2 aromatic carbocycles. The molecule has 0 aromatic heterocycles. The molecule has 2 N–H and O–H groups in total. The summed E-state index contributed by atoms with van der Waals surface area (Å²) in [6.45, 7) is 7.21. The second-order valence-corrected chi connectivity index (χ2v) is 9.89. The second-order valence-electron chi connectivity index (χ2n) is 9.89. The Hall–Kier alpha value is -2.00. The Balaban J connectivity index is 1.66. The van der Waals surface area contributed by atoms with Crippen LogP contribution < -0.4 is 10.1 Å². The van der Waals surface area contributed by atoms with Crippen LogP contribution in [-0.4, -0.2) is 17.8 Å². The van der Waals surface area contributed by atoms with Crippen LogP contribution in [0.2, 0.25) is 0 Å². The fraction of sp³-hybridized carbons (Fsp3) is 0.538.